The number of aromatic nitrogens is 3. The van der Waals surface area contributed by atoms with Gasteiger partial charge in [0.25, 0.3) is 5.91 Å². The van der Waals surface area contributed by atoms with Crippen molar-refractivity contribution in [3.05, 3.63) is 47.5 Å². The number of carbonyl (C=O) groups excluding carboxylic acids is 2. The molecule has 3 aromatic rings. The molecule has 2 aliphatic heterocycles. The quantitative estimate of drug-likeness (QED) is 0.376. The van der Waals surface area contributed by atoms with E-state index < -0.39 is 17.3 Å². The summed E-state index contributed by atoms with van der Waals surface area (Å²) in [4.78, 5) is 40.4. The van der Waals surface area contributed by atoms with E-state index in [1.54, 1.807) is 24.3 Å². The number of anilines is 1. The lowest BCUT2D eigenvalue weighted by Gasteiger charge is -2.41. The van der Waals surface area contributed by atoms with Crippen LogP contribution < -0.4 is 15.4 Å². The van der Waals surface area contributed by atoms with Gasteiger partial charge in [-0.3, -0.25) is 14.6 Å². The summed E-state index contributed by atoms with van der Waals surface area (Å²) >= 11 is 1.37. The number of halogens is 3. The van der Waals surface area contributed by atoms with Crippen LogP contribution in [0, 0.1) is 5.82 Å². The van der Waals surface area contributed by atoms with Crippen LogP contribution in [0.4, 0.5) is 10.2 Å². The molecule has 0 spiro atoms. The van der Waals surface area contributed by atoms with Crippen LogP contribution >= 0.6 is 36.6 Å². The molecule has 210 valence electrons. The van der Waals surface area contributed by atoms with E-state index in [4.69, 9.17) is 4.74 Å². The fourth-order valence-corrected chi connectivity index (χ4v) is 5.38. The second-order valence-corrected chi connectivity index (χ2v) is 10.2. The zero-order chi connectivity index (χ0) is 26.0. The fourth-order valence-electron chi connectivity index (χ4n) is 4.62. The first-order valence-electron chi connectivity index (χ1n) is 12.0. The maximum atomic E-state index is 14.6. The predicted octanol–water partition coefficient (Wildman–Crippen LogP) is 2.86. The number of rotatable bonds is 7. The number of carbonyl (C=O) groups is 2. The van der Waals surface area contributed by atoms with E-state index in [9.17, 15) is 19.1 Å². The van der Waals surface area contributed by atoms with Crippen molar-refractivity contribution in [2.75, 3.05) is 44.4 Å². The number of thioether (sulfide) groups is 1. The zero-order valence-electron chi connectivity index (χ0n) is 21.1. The number of likely N-dealkylation sites (tertiary alicyclic amines) is 1. The number of ether oxygens (including phenoxy) is 1. The molecule has 2 aliphatic rings. The lowest BCUT2D eigenvalue weighted by molar-refractivity contribution is -0.113. The Bertz CT molecular complexity index is 1360. The molecule has 5 rings (SSSR count). The first kappa shape index (κ1) is 30.8. The van der Waals surface area contributed by atoms with Crippen molar-refractivity contribution in [3.8, 4) is 5.88 Å². The molecule has 14 heteroatoms. The highest BCUT2D eigenvalue weighted by atomic mass is 35.5. The summed E-state index contributed by atoms with van der Waals surface area (Å²) in [5, 5.41) is 15.8. The second-order valence-electron chi connectivity index (χ2n) is 9.17. The Morgan fingerprint density at radius 1 is 1.23 bits per heavy atom. The Labute approximate surface area is 241 Å². The molecule has 2 amide bonds. The zero-order valence-corrected chi connectivity index (χ0v) is 23.6. The lowest BCUT2D eigenvalue weighted by Crippen LogP contribution is -2.57. The van der Waals surface area contributed by atoms with E-state index in [-0.39, 0.29) is 43.0 Å². The van der Waals surface area contributed by atoms with Crippen LogP contribution in [0.3, 0.4) is 0 Å². The molecule has 0 atom stereocenters. The van der Waals surface area contributed by atoms with E-state index in [1.165, 1.54) is 25.1 Å². The Morgan fingerprint density at radius 3 is 2.72 bits per heavy atom. The van der Waals surface area contributed by atoms with Gasteiger partial charge in [0.15, 0.2) is 0 Å². The third-order valence-corrected chi connectivity index (χ3v) is 7.88. The van der Waals surface area contributed by atoms with Gasteiger partial charge in [-0.15, -0.1) is 36.6 Å². The van der Waals surface area contributed by atoms with Gasteiger partial charge in [-0.1, -0.05) is 0 Å². The van der Waals surface area contributed by atoms with Gasteiger partial charge in [0.1, 0.15) is 17.3 Å². The Hall–Kier alpha value is -2.77. The highest BCUT2D eigenvalue weighted by Crippen LogP contribution is 2.30. The van der Waals surface area contributed by atoms with Gasteiger partial charge >= 0.3 is 0 Å². The fraction of sp³-hybridized carbons (Fsp3) is 0.400. The van der Waals surface area contributed by atoms with Crippen molar-refractivity contribution in [1.29, 1.82) is 0 Å². The molecule has 0 aromatic carbocycles. The minimum atomic E-state index is -0.785. The molecule has 1 saturated heterocycles. The molecule has 0 saturated carbocycles. The van der Waals surface area contributed by atoms with Crippen LogP contribution in [0.1, 0.15) is 28.9 Å². The average molecular weight is 600 g/mol. The number of aliphatic hydroxyl groups is 1. The molecule has 10 nitrogen and oxygen atoms in total. The van der Waals surface area contributed by atoms with Gasteiger partial charge in [-0.25, -0.2) is 14.4 Å². The summed E-state index contributed by atoms with van der Waals surface area (Å²) in [5.74, 6) is 0.132. The highest BCUT2D eigenvalue weighted by molar-refractivity contribution is 8.00. The van der Waals surface area contributed by atoms with Gasteiger partial charge in [0.05, 0.1) is 47.1 Å². The van der Waals surface area contributed by atoms with Crippen LogP contribution in [-0.4, -0.2) is 81.4 Å². The summed E-state index contributed by atoms with van der Waals surface area (Å²) < 4.78 is 19.8. The van der Waals surface area contributed by atoms with Gasteiger partial charge in [-0.05, 0) is 37.5 Å². The molecule has 0 bridgehead atoms. The highest BCUT2D eigenvalue weighted by Gasteiger charge is 2.36. The van der Waals surface area contributed by atoms with Crippen molar-refractivity contribution >= 4 is 65.2 Å². The van der Waals surface area contributed by atoms with Gasteiger partial charge < -0.3 is 25.4 Å². The van der Waals surface area contributed by atoms with Crippen molar-refractivity contribution in [1.82, 2.24) is 25.2 Å². The largest absolute Gasteiger partial charge is 0.481 e. The average Bonchev–Trinajstić information content (AvgIpc) is 2.92. The number of fused-ring (bicyclic) bond motifs is 2. The third kappa shape index (κ3) is 6.69. The number of methoxy groups -OCH3 is 1. The number of nitrogens with zero attached hydrogens (tertiary/aromatic N) is 4. The van der Waals surface area contributed by atoms with Gasteiger partial charge in [0, 0.05) is 31.3 Å². The van der Waals surface area contributed by atoms with Crippen LogP contribution in [-0.2, 0) is 11.2 Å². The Morgan fingerprint density at radius 2 is 2.00 bits per heavy atom. The first-order valence-corrected chi connectivity index (χ1v) is 13.0. The molecule has 3 aromatic heterocycles. The number of hydrogen-bond donors (Lipinski definition) is 3. The van der Waals surface area contributed by atoms with Crippen LogP contribution in [0.25, 0.3) is 11.0 Å². The normalized spacial score (nSPS) is 16.3. The molecular formula is C25H29Cl2FN6O4S. The number of aliphatic hydroxyl groups excluding tert-OH is 1. The number of nitrogens with one attached hydrogen (secondary N) is 2. The maximum absolute atomic E-state index is 14.6. The molecule has 3 N–H and O–H groups in total. The molecule has 0 unspecified atom stereocenters. The maximum Gasteiger partial charge on any atom is 0.270 e. The molecule has 0 aliphatic carbocycles. The lowest BCUT2D eigenvalue weighted by atomic mass is 9.87. The minimum absolute atomic E-state index is 0. The van der Waals surface area contributed by atoms with E-state index in [0.29, 0.717) is 72.9 Å². The Balaban J connectivity index is 0.00000210. The van der Waals surface area contributed by atoms with Crippen LogP contribution in [0.5, 0.6) is 5.88 Å². The number of pyridine rings is 3. The van der Waals surface area contributed by atoms with Gasteiger partial charge in [0.2, 0.25) is 11.8 Å². The first-order chi connectivity index (χ1) is 17.9. The molecule has 0 radical (unpaired) electrons. The summed E-state index contributed by atoms with van der Waals surface area (Å²) in [6.45, 7) is 1.62. The van der Waals surface area contributed by atoms with Gasteiger partial charge in [-0.2, -0.15) is 0 Å². The predicted molar refractivity (Wildman–Crippen MR) is 151 cm³/mol. The minimum Gasteiger partial charge on any atom is -0.481 e. The van der Waals surface area contributed by atoms with E-state index in [0.717, 1.165) is 4.90 Å². The van der Waals surface area contributed by atoms with Crippen molar-refractivity contribution < 1.29 is 23.8 Å². The SMILES string of the molecule is COc1ccc2ncc(F)c(CCN3CCC(CO)(NC(=O)c4ccc5c(n4)NC(=O)CS5)CC3)c2n1.Cl.Cl. The van der Waals surface area contributed by atoms with Crippen molar-refractivity contribution in [3.63, 3.8) is 0 Å². The van der Waals surface area contributed by atoms with Crippen molar-refractivity contribution in [2.24, 2.45) is 0 Å². The second kappa shape index (κ2) is 13.1. The summed E-state index contributed by atoms with van der Waals surface area (Å²) in [7, 11) is 1.51. The van der Waals surface area contributed by atoms with E-state index in [2.05, 4.69) is 30.5 Å². The summed E-state index contributed by atoms with van der Waals surface area (Å²) in [5.41, 5.74) is 0.971. The molecule has 1 fully saturated rings. The van der Waals surface area contributed by atoms with E-state index in [1.807, 2.05) is 0 Å². The van der Waals surface area contributed by atoms with E-state index >= 15 is 0 Å². The smallest absolute Gasteiger partial charge is 0.270 e. The molecular weight excluding hydrogens is 570 g/mol. The number of hydrogen-bond acceptors (Lipinski definition) is 9. The standard InChI is InChI=1S/C25H27FN6O4S.2ClH/c1-36-21-5-3-17-22(30-21)15(16(26)12-27-17)6-9-32-10-7-25(14-33,8-11-32)31-24(35)18-2-4-19-23(28-18)29-20(34)13-37-19;;/h2-5,12,33H,6-11,13-14H2,1H3,(H,31,35)(H,28,29,34);2*1H. The topological polar surface area (TPSA) is 130 Å². The third-order valence-electron chi connectivity index (χ3n) is 6.83. The van der Waals surface area contributed by atoms with Crippen LogP contribution in [0.2, 0.25) is 0 Å². The monoisotopic (exact) mass is 598 g/mol. The summed E-state index contributed by atoms with van der Waals surface area (Å²) in [6.07, 6.45) is 2.70. The number of amides is 2. The van der Waals surface area contributed by atoms with Crippen LogP contribution in [0.15, 0.2) is 35.4 Å². The summed E-state index contributed by atoms with van der Waals surface area (Å²) in [6, 6.07) is 6.84. The Kier molecular flexibility index (Phi) is 10.3. The van der Waals surface area contributed by atoms with Crippen molar-refractivity contribution in [2.45, 2.75) is 29.7 Å². The number of piperidine rings is 1. The molecule has 39 heavy (non-hydrogen) atoms. The molecule has 5 heterocycles.